The molecule has 0 spiro atoms. The number of likely N-dealkylation sites (tertiary alicyclic amines) is 1. The summed E-state index contributed by atoms with van der Waals surface area (Å²) in [6, 6.07) is 1.49. The molecule has 2 fully saturated rings. The fourth-order valence-corrected chi connectivity index (χ4v) is 3.62. The Morgan fingerprint density at radius 1 is 1.16 bits per heavy atom. The normalized spacial score (nSPS) is 33.8. The van der Waals surface area contributed by atoms with Gasteiger partial charge in [-0.05, 0) is 65.8 Å². The number of hydrogen-bond acceptors (Lipinski definition) is 3. The fourth-order valence-electron chi connectivity index (χ4n) is 3.62. The van der Waals surface area contributed by atoms with Crippen molar-refractivity contribution in [3.05, 3.63) is 0 Å². The zero-order valence-corrected chi connectivity index (χ0v) is 13.2. The van der Waals surface area contributed by atoms with E-state index in [2.05, 4.69) is 31.0 Å². The van der Waals surface area contributed by atoms with E-state index in [4.69, 9.17) is 4.74 Å². The molecule has 1 N–H and O–H groups in total. The van der Waals surface area contributed by atoms with Crippen molar-refractivity contribution in [3.8, 4) is 0 Å². The molecule has 3 atom stereocenters. The largest absolute Gasteiger partial charge is 0.381 e. The first-order valence-electron chi connectivity index (χ1n) is 8.03. The zero-order valence-electron chi connectivity index (χ0n) is 13.2. The fraction of sp³-hybridized carbons (Fsp3) is 1.00. The van der Waals surface area contributed by atoms with E-state index in [0.717, 1.165) is 18.6 Å². The molecule has 2 aliphatic rings. The third-order valence-corrected chi connectivity index (χ3v) is 4.69. The number of nitrogens with zero attached hydrogens (tertiary/aromatic N) is 1. The summed E-state index contributed by atoms with van der Waals surface area (Å²) in [5, 5.41) is 3.69. The van der Waals surface area contributed by atoms with Gasteiger partial charge in [0.15, 0.2) is 0 Å². The van der Waals surface area contributed by atoms with Crippen molar-refractivity contribution in [2.75, 3.05) is 20.2 Å². The molecular weight excluding hydrogens is 236 g/mol. The highest BCUT2D eigenvalue weighted by Gasteiger charge is 2.34. The Hall–Kier alpha value is -0.120. The molecule has 0 radical (unpaired) electrons. The van der Waals surface area contributed by atoms with Crippen LogP contribution in [0.3, 0.4) is 0 Å². The van der Waals surface area contributed by atoms with Crippen LogP contribution in [-0.4, -0.2) is 48.8 Å². The molecule has 1 aliphatic carbocycles. The second-order valence-corrected chi connectivity index (χ2v) is 7.34. The average Bonchev–Trinajstić information content (AvgIpc) is 2.84. The van der Waals surface area contributed by atoms with Gasteiger partial charge < -0.3 is 10.1 Å². The molecule has 2 rings (SSSR count). The number of hydrogen-bond donors (Lipinski definition) is 1. The van der Waals surface area contributed by atoms with E-state index in [1.54, 1.807) is 0 Å². The van der Waals surface area contributed by atoms with Crippen molar-refractivity contribution in [1.82, 2.24) is 10.2 Å². The standard InChI is InChI=1S/C16H32N2O/c1-16(2,3)17-12-14-8-6-10-18(14)13-7-5-9-15(11-13)19-4/h13-15,17H,5-12H2,1-4H3. The Kier molecular flexibility index (Phi) is 5.27. The van der Waals surface area contributed by atoms with Gasteiger partial charge in [-0.15, -0.1) is 0 Å². The molecule has 1 aliphatic heterocycles. The van der Waals surface area contributed by atoms with Gasteiger partial charge in [0.05, 0.1) is 6.10 Å². The monoisotopic (exact) mass is 268 g/mol. The molecule has 0 aromatic heterocycles. The predicted octanol–water partition coefficient (Wildman–Crippen LogP) is 2.80. The van der Waals surface area contributed by atoms with Crippen molar-refractivity contribution in [2.24, 2.45) is 0 Å². The first-order valence-corrected chi connectivity index (χ1v) is 8.03. The maximum absolute atomic E-state index is 5.59. The van der Waals surface area contributed by atoms with Gasteiger partial charge in [0.2, 0.25) is 0 Å². The SMILES string of the molecule is COC1CCCC(N2CCCC2CNC(C)(C)C)C1. The Morgan fingerprint density at radius 3 is 2.63 bits per heavy atom. The van der Waals surface area contributed by atoms with Crippen LogP contribution >= 0.6 is 0 Å². The molecule has 3 heteroatoms. The van der Waals surface area contributed by atoms with Gasteiger partial charge >= 0.3 is 0 Å². The molecule has 1 saturated heterocycles. The third kappa shape index (κ3) is 4.44. The highest BCUT2D eigenvalue weighted by atomic mass is 16.5. The summed E-state index contributed by atoms with van der Waals surface area (Å²) in [7, 11) is 1.87. The van der Waals surface area contributed by atoms with E-state index in [-0.39, 0.29) is 5.54 Å². The summed E-state index contributed by atoms with van der Waals surface area (Å²) in [6.45, 7) is 9.20. The second-order valence-electron chi connectivity index (χ2n) is 7.34. The lowest BCUT2D eigenvalue weighted by Crippen LogP contribution is -2.49. The molecule has 1 heterocycles. The number of nitrogens with one attached hydrogen (secondary N) is 1. The maximum atomic E-state index is 5.59. The summed E-state index contributed by atoms with van der Waals surface area (Å²) in [5.74, 6) is 0. The Bertz CT molecular complexity index is 274. The summed E-state index contributed by atoms with van der Waals surface area (Å²) in [6.07, 6.45) is 8.41. The van der Waals surface area contributed by atoms with Gasteiger partial charge in [-0.2, -0.15) is 0 Å². The van der Waals surface area contributed by atoms with Crippen LogP contribution in [0.25, 0.3) is 0 Å². The Balaban J connectivity index is 1.87. The van der Waals surface area contributed by atoms with Crippen molar-refractivity contribution < 1.29 is 4.74 Å². The van der Waals surface area contributed by atoms with Gasteiger partial charge in [0, 0.05) is 31.3 Å². The molecule has 3 nitrogen and oxygen atoms in total. The Morgan fingerprint density at radius 2 is 1.95 bits per heavy atom. The van der Waals surface area contributed by atoms with E-state index >= 15 is 0 Å². The third-order valence-electron chi connectivity index (χ3n) is 4.69. The van der Waals surface area contributed by atoms with Crippen LogP contribution in [0.4, 0.5) is 0 Å². The van der Waals surface area contributed by atoms with Crippen molar-refractivity contribution >= 4 is 0 Å². The maximum Gasteiger partial charge on any atom is 0.0586 e. The quantitative estimate of drug-likeness (QED) is 0.848. The lowest BCUT2D eigenvalue weighted by molar-refractivity contribution is 0.0236. The van der Waals surface area contributed by atoms with Gasteiger partial charge in [0.25, 0.3) is 0 Å². The number of rotatable bonds is 4. The summed E-state index contributed by atoms with van der Waals surface area (Å²) in [4.78, 5) is 2.77. The molecule has 112 valence electrons. The van der Waals surface area contributed by atoms with Crippen molar-refractivity contribution in [1.29, 1.82) is 0 Å². The van der Waals surface area contributed by atoms with Crippen LogP contribution in [-0.2, 0) is 4.74 Å². The van der Waals surface area contributed by atoms with Gasteiger partial charge in [-0.1, -0.05) is 0 Å². The molecule has 0 aromatic rings. The highest BCUT2D eigenvalue weighted by molar-refractivity contribution is 4.90. The number of methoxy groups -OCH3 is 1. The smallest absolute Gasteiger partial charge is 0.0586 e. The van der Waals surface area contributed by atoms with Gasteiger partial charge in [-0.25, -0.2) is 0 Å². The molecule has 19 heavy (non-hydrogen) atoms. The molecule has 0 amide bonds. The summed E-state index contributed by atoms with van der Waals surface area (Å²) >= 11 is 0. The van der Waals surface area contributed by atoms with Crippen molar-refractivity contribution in [3.63, 3.8) is 0 Å². The lowest BCUT2D eigenvalue weighted by atomic mass is 9.91. The zero-order chi connectivity index (χ0) is 13.9. The molecule has 3 unspecified atom stereocenters. The van der Waals surface area contributed by atoms with Crippen LogP contribution in [0.2, 0.25) is 0 Å². The summed E-state index contributed by atoms with van der Waals surface area (Å²) < 4.78 is 5.59. The predicted molar refractivity (Wildman–Crippen MR) is 80.5 cm³/mol. The van der Waals surface area contributed by atoms with E-state index in [9.17, 15) is 0 Å². The molecule has 0 bridgehead atoms. The van der Waals surface area contributed by atoms with E-state index in [1.807, 2.05) is 7.11 Å². The van der Waals surface area contributed by atoms with Gasteiger partial charge in [-0.3, -0.25) is 4.90 Å². The first kappa shape index (κ1) is 15.3. The topological polar surface area (TPSA) is 24.5 Å². The van der Waals surface area contributed by atoms with Gasteiger partial charge in [0.1, 0.15) is 0 Å². The van der Waals surface area contributed by atoms with Crippen LogP contribution in [0, 0.1) is 0 Å². The van der Waals surface area contributed by atoms with Crippen molar-refractivity contribution in [2.45, 2.75) is 83.0 Å². The first-order chi connectivity index (χ1) is 8.99. The van der Waals surface area contributed by atoms with Crippen LogP contribution in [0.15, 0.2) is 0 Å². The van der Waals surface area contributed by atoms with E-state index in [1.165, 1.54) is 45.1 Å². The van der Waals surface area contributed by atoms with Crippen LogP contribution < -0.4 is 5.32 Å². The Labute approximate surface area is 119 Å². The van der Waals surface area contributed by atoms with Crippen LogP contribution in [0.5, 0.6) is 0 Å². The minimum atomic E-state index is 0.232. The van der Waals surface area contributed by atoms with E-state index in [0.29, 0.717) is 6.10 Å². The molecule has 1 saturated carbocycles. The molecule has 0 aromatic carbocycles. The average molecular weight is 268 g/mol. The van der Waals surface area contributed by atoms with E-state index < -0.39 is 0 Å². The number of ether oxygens (including phenoxy) is 1. The minimum absolute atomic E-state index is 0.232. The highest BCUT2D eigenvalue weighted by Crippen LogP contribution is 2.30. The second kappa shape index (κ2) is 6.55. The lowest BCUT2D eigenvalue weighted by Gasteiger charge is -2.39. The summed E-state index contributed by atoms with van der Waals surface area (Å²) in [5.41, 5.74) is 0.232. The minimum Gasteiger partial charge on any atom is -0.381 e. The molecular formula is C16H32N2O. The van der Waals surface area contributed by atoms with Crippen LogP contribution in [0.1, 0.15) is 59.3 Å².